The second-order valence-corrected chi connectivity index (χ2v) is 9.01. The van der Waals surface area contributed by atoms with Crippen molar-refractivity contribution >= 4 is 11.8 Å². The van der Waals surface area contributed by atoms with Crippen LogP contribution in [0.5, 0.6) is 0 Å². The molecule has 30 heavy (non-hydrogen) atoms. The Morgan fingerprint density at radius 3 is 2.57 bits per heavy atom. The van der Waals surface area contributed by atoms with Gasteiger partial charge >= 0.3 is 0 Å². The zero-order valence-corrected chi connectivity index (χ0v) is 18.0. The van der Waals surface area contributed by atoms with Crippen LogP contribution in [0.25, 0.3) is 0 Å². The van der Waals surface area contributed by atoms with Crippen LogP contribution in [0.4, 0.5) is 0 Å². The van der Waals surface area contributed by atoms with Crippen molar-refractivity contribution in [2.24, 2.45) is 5.92 Å². The largest absolute Gasteiger partial charge is 0.378 e. The van der Waals surface area contributed by atoms with E-state index in [1.165, 1.54) is 38.5 Å². The predicted molar refractivity (Wildman–Crippen MR) is 112 cm³/mol. The zero-order valence-electron chi connectivity index (χ0n) is 18.0. The first-order valence-electron chi connectivity index (χ1n) is 11.8. The van der Waals surface area contributed by atoms with E-state index in [2.05, 4.69) is 15.2 Å². The van der Waals surface area contributed by atoms with Crippen LogP contribution < -0.4 is 0 Å². The number of rotatable bonds is 6. The van der Waals surface area contributed by atoms with Crippen molar-refractivity contribution in [2.75, 3.05) is 32.8 Å². The standard InChI is InChI=1S/C22H35N5O3/c28-21(16-18-6-2-1-3-7-18)27-10-5-4-8-19(27)9-11-26-17-20(23-24-26)22(29)25-12-14-30-15-13-25/h17-19H,1-16H2. The lowest BCUT2D eigenvalue weighted by molar-refractivity contribution is -0.136. The molecule has 166 valence electrons. The fourth-order valence-electron chi connectivity index (χ4n) is 5.10. The molecule has 3 heterocycles. The molecule has 8 nitrogen and oxygen atoms in total. The molecule has 0 bridgehead atoms. The van der Waals surface area contributed by atoms with Crippen molar-refractivity contribution in [3.8, 4) is 0 Å². The summed E-state index contributed by atoms with van der Waals surface area (Å²) in [5.41, 5.74) is 0.394. The Balaban J connectivity index is 1.29. The van der Waals surface area contributed by atoms with Gasteiger partial charge in [-0.25, -0.2) is 0 Å². The molecular weight excluding hydrogens is 382 g/mol. The van der Waals surface area contributed by atoms with E-state index in [-0.39, 0.29) is 11.9 Å². The van der Waals surface area contributed by atoms with E-state index in [9.17, 15) is 9.59 Å². The van der Waals surface area contributed by atoms with E-state index < -0.39 is 0 Å². The number of hydrogen-bond donors (Lipinski definition) is 0. The Morgan fingerprint density at radius 2 is 1.77 bits per heavy atom. The quantitative estimate of drug-likeness (QED) is 0.710. The molecule has 2 aliphatic heterocycles. The first kappa shape index (κ1) is 21.3. The number of carbonyl (C=O) groups is 2. The van der Waals surface area contributed by atoms with Crippen LogP contribution in [0.3, 0.4) is 0 Å². The highest BCUT2D eigenvalue weighted by atomic mass is 16.5. The number of aromatic nitrogens is 3. The summed E-state index contributed by atoms with van der Waals surface area (Å²) in [7, 11) is 0. The van der Waals surface area contributed by atoms with E-state index in [1.807, 2.05) is 0 Å². The Kier molecular flexibility index (Phi) is 7.36. The van der Waals surface area contributed by atoms with E-state index >= 15 is 0 Å². The summed E-state index contributed by atoms with van der Waals surface area (Å²) < 4.78 is 7.06. The maximum absolute atomic E-state index is 13.0. The third-order valence-corrected chi connectivity index (χ3v) is 6.88. The Hall–Kier alpha value is -1.96. The summed E-state index contributed by atoms with van der Waals surface area (Å²) >= 11 is 0. The van der Waals surface area contributed by atoms with Crippen molar-refractivity contribution in [1.29, 1.82) is 0 Å². The fraction of sp³-hybridized carbons (Fsp3) is 0.818. The van der Waals surface area contributed by atoms with Crippen LogP contribution in [0.2, 0.25) is 0 Å². The minimum Gasteiger partial charge on any atom is -0.378 e. The predicted octanol–water partition coefficient (Wildman–Crippen LogP) is 2.49. The molecule has 0 aromatic carbocycles. The number of piperidine rings is 1. The molecule has 4 rings (SSSR count). The third kappa shape index (κ3) is 5.39. The summed E-state index contributed by atoms with van der Waals surface area (Å²) in [5, 5.41) is 8.25. The van der Waals surface area contributed by atoms with E-state index in [0.717, 1.165) is 32.2 Å². The number of aryl methyl sites for hydroxylation is 1. The van der Waals surface area contributed by atoms with E-state index in [0.29, 0.717) is 50.4 Å². The number of ether oxygens (including phenoxy) is 1. The van der Waals surface area contributed by atoms with Crippen molar-refractivity contribution in [3.63, 3.8) is 0 Å². The van der Waals surface area contributed by atoms with Crippen LogP contribution in [-0.2, 0) is 16.1 Å². The first-order valence-corrected chi connectivity index (χ1v) is 11.8. The van der Waals surface area contributed by atoms with Crippen LogP contribution in [0, 0.1) is 5.92 Å². The van der Waals surface area contributed by atoms with Gasteiger partial charge in [0, 0.05) is 38.6 Å². The summed E-state index contributed by atoms with van der Waals surface area (Å²) in [6, 6.07) is 0.275. The molecule has 0 spiro atoms. The Labute approximate surface area is 178 Å². The minimum atomic E-state index is -0.0773. The van der Waals surface area contributed by atoms with Gasteiger partial charge in [-0.05, 0) is 44.4 Å². The number of nitrogens with zero attached hydrogens (tertiary/aromatic N) is 5. The SMILES string of the molecule is O=C(c1cn(CCC2CCCCN2C(=O)CC2CCCCC2)nn1)N1CCOCC1. The molecule has 3 aliphatic rings. The fourth-order valence-corrected chi connectivity index (χ4v) is 5.10. The van der Waals surface area contributed by atoms with Gasteiger partial charge in [0.05, 0.1) is 19.4 Å². The van der Waals surface area contributed by atoms with E-state index in [4.69, 9.17) is 4.74 Å². The van der Waals surface area contributed by atoms with Gasteiger partial charge in [0.1, 0.15) is 0 Å². The lowest BCUT2D eigenvalue weighted by Gasteiger charge is -2.37. The summed E-state index contributed by atoms with van der Waals surface area (Å²) in [6.45, 7) is 3.92. The van der Waals surface area contributed by atoms with Crippen LogP contribution >= 0.6 is 0 Å². The van der Waals surface area contributed by atoms with Gasteiger partial charge in [0.15, 0.2) is 5.69 Å². The van der Waals surface area contributed by atoms with Crippen molar-refractivity contribution in [2.45, 2.75) is 76.8 Å². The molecule has 3 fully saturated rings. The maximum atomic E-state index is 13.0. The van der Waals surface area contributed by atoms with Crippen molar-refractivity contribution in [3.05, 3.63) is 11.9 Å². The summed E-state index contributed by atoms with van der Waals surface area (Å²) in [4.78, 5) is 29.4. The molecule has 0 N–H and O–H groups in total. The average molecular weight is 418 g/mol. The normalized spacial score (nSPS) is 23.5. The topological polar surface area (TPSA) is 80.6 Å². The van der Waals surface area contributed by atoms with Gasteiger partial charge in [-0.1, -0.05) is 24.5 Å². The number of amides is 2. The molecular formula is C22H35N5O3. The molecule has 1 atom stereocenters. The maximum Gasteiger partial charge on any atom is 0.276 e. The first-order chi connectivity index (χ1) is 14.7. The molecule has 2 saturated heterocycles. The summed E-state index contributed by atoms with van der Waals surface area (Å²) in [6.07, 6.45) is 13.0. The second-order valence-electron chi connectivity index (χ2n) is 9.01. The third-order valence-electron chi connectivity index (χ3n) is 6.88. The lowest BCUT2D eigenvalue weighted by atomic mass is 9.86. The minimum absolute atomic E-state index is 0.0773. The second kappa shape index (κ2) is 10.4. The van der Waals surface area contributed by atoms with Gasteiger partial charge < -0.3 is 14.5 Å². The van der Waals surface area contributed by atoms with Gasteiger partial charge in [-0.3, -0.25) is 14.3 Å². The van der Waals surface area contributed by atoms with Crippen molar-refractivity contribution in [1.82, 2.24) is 24.8 Å². The van der Waals surface area contributed by atoms with Gasteiger partial charge in [-0.2, -0.15) is 0 Å². The number of likely N-dealkylation sites (tertiary alicyclic amines) is 1. The molecule has 1 aliphatic carbocycles. The van der Waals surface area contributed by atoms with Crippen LogP contribution in [-0.4, -0.2) is 75.5 Å². The molecule has 0 radical (unpaired) electrons. The van der Waals surface area contributed by atoms with Crippen LogP contribution in [0.15, 0.2) is 6.20 Å². The monoisotopic (exact) mass is 417 g/mol. The smallest absolute Gasteiger partial charge is 0.276 e. The van der Waals surface area contributed by atoms with Crippen molar-refractivity contribution < 1.29 is 14.3 Å². The number of hydrogen-bond acceptors (Lipinski definition) is 5. The Bertz CT molecular complexity index is 709. The number of carbonyl (C=O) groups excluding carboxylic acids is 2. The highest BCUT2D eigenvalue weighted by Gasteiger charge is 2.29. The highest BCUT2D eigenvalue weighted by Crippen LogP contribution is 2.29. The molecule has 2 amide bonds. The highest BCUT2D eigenvalue weighted by molar-refractivity contribution is 5.92. The molecule has 1 aromatic heterocycles. The number of morpholine rings is 1. The Morgan fingerprint density at radius 1 is 1.00 bits per heavy atom. The lowest BCUT2D eigenvalue weighted by Crippen LogP contribution is -2.44. The van der Waals surface area contributed by atoms with Gasteiger partial charge in [0.2, 0.25) is 5.91 Å². The van der Waals surface area contributed by atoms with Crippen LogP contribution in [0.1, 0.15) is 74.7 Å². The van der Waals surface area contributed by atoms with Gasteiger partial charge in [-0.15, -0.1) is 5.10 Å². The molecule has 1 unspecified atom stereocenters. The molecule has 8 heteroatoms. The molecule has 1 aromatic rings. The van der Waals surface area contributed by atoms with Gasteiger partial charge in [0.25, 0.3) is 5.91 Å². The summed E-state index contributed by atoms with van der Waals surface area (Å²) in [5.74, 6) is 0.845. The van der Waals surface area contributed by atoms with E-state index in [1.54, 1.807) is 15.8 Å². The average Bonchev–Trinajstić information content (AvgIpc) is 3.28. The zero-order chi connectivity index (χ0) is 20.8. The molecule has 1 saturated carbocycles.